The molecule has 2 heterocycles. The van der Waals surface area contributed by atoms with Crippen LogP contribution in [0.2, 0.25) is 0 Å². The van der Waals surface area contributed by atoms with E-state index < -0.39 is 5.97 Å². The van der Waals surface area contributed by atoms with Crippen LogP contribution in [0.25, 0.3) is 0 Å². The van der Waals surface area contributed by atoms with E-state index in [-0.39, 0.29) is 6.42 Å². The van der Waals surface area contributed by atoms with Crippen molar-refractivity contribution in [3.63, 3.8) is 0 Å². The Bertz CT molecular complexity index is 345. The first-order chi connectivity index (χ1) is 7.25. The van der Waals surface area contributed by atoms with Gasteiger partial charge >= 0.3 is 5.97 Å². The van der Waals surface area contributed by atoms with Crippen LogP contribution in [-0.2, 0) is 11.2 Å². The van der Waals surface area contributed by atoms with E-state index in [4.69, 9.17) is 5.11 Å². The van der Waals surface area contributed by atoms with Gasteiger partial charge < -0.3 is 10.4 Å². The molecule has 5 heteroatoms. The maximum atomic E-state index is 10.5. The number of carbonyl (C=O) groups is 1. The second-order valence-electron chi connectivity index (χ2n) is 3.79. The third-order valence-corrected chi connectivity index (χ3v) is 3.60. The molecule has 82 valence electrons. The first kappa shape index (κ1) is 10.6. The highest BCUT2D eigenvalue weighted by Crippen LogP contribution is 2.26. The molecule has 2 N–H and O–H groups in total. The molecule has 4 nitrogen and oxygen atoms in total. The highest BCUT2D eigenvalue weighted by Gasteiger charge is 2.18. The van der Waals surface area contributed by atoms with E-state index in [1.54, 1.807) is 11.3 Å². The van der Waals surface area contributed by atoms with Gasteiger partial charge in [0.2, 0.25) is 0 Å². The minimum atomic E-state index is -0.811. The lowest BCUT2D eigenvalue weighted by atomic mass is 10.0. The summed E-state index contributed by atoms with van der Waals surface area (Å²) in [6.45, 7) is 2.06. The Labute approximate surface area is 92.3 Å². The van der Waals surface area contributed by atoms with E-state index in [1.165, 1.54) is 6.42 Å². The van der Waals surface area contributed by atoms with E-state index in [0.717, 1.165) is 24.5 Å². The van der Waals surface area contributed by atoms with Crippen LogP contribution in [0.4, 0.5) is 0 Å². The summed E-state index contributed by atoms with van der Waals surface area (Å²) >= 11 is 1.58. The Kier molecular flexibility index (Phi) is 3.33. The third kappa shape index (κ3) is 2.76. The molecular weight excluding hydrogens is 212 g/mol. The Balaban J connectivity index is 2.02. The number of hydrogen-bond donors (Lipinski definition) is 2. The van der Waals surface area contributed by atoms with Crippen molar-refractivity contribution in [3.8, 4) is 0 Å². The molecule has 1 aromatic rings. The third-order valence-electron chi connectivity index (χ3n) is 2.55. The van der Waals surface area contributed by atoms with Crippen molar-refractivity contribution in [1.82, 2.24) is 10.3 Å². The molecule has 1 aliphatic rings. The normalized spacial score (nSPS) is 21.5. The van der Waals surface area contributed by atoms with E-state index in [1.807, 2.05) is 5.38 Å². The number of carboxylic acid groups (broad SMARTS) is 1. The summed E-state index contributed by atoms with van der Waals surface area (Å²) in [5.74, 6) is -0.333. The van der Waals surface area contributed by atoms with Gasteiger partial charge in [0.25, 0.3) is 0 Å². The fraction of sp³-hybridized carbons (Fsp3) is 0.600. The Hall–Kier alpha value is -0.940. The Morgan fingerprint density at radius 3 is 3.27 bits per heavy atom. The minimum Gasteiger partial charge on any atom is -0.481 e. The fourth-order valence-electron chi connectivity index (χ4n) is 1.81. The van der Waals surface area contributed by atoms with Gasteiger partial charge in [0, 0.05) is 17.8 Å². The number of nitrogens with zero attached hydrogens (tertiary/aromatic N) is 1. The first-order valence-electron chi connectivity index (χ1n) is 5.12. The summed E-state index contributed by atoms with van der Waals surface area (Å²) in [4.78, 5) is 14.9. The molecule has 15 heavy (non-hydrogen) atoms. The van der Waals surface area contributed by atoms with Gasteiger partial charge in [-0.05, 0) is 19.4 Å². The molecule has 1 aromatic heterocycles. The van der Waals surface area contributed by atoms with Crippen LogP contribution in [0.3, 0.4) is 0 Å². The molecule has 1 aliphatic heterocycles. The summed E-state index contributed by atoms with van der Waals surface area (Å²) in [5, 5.41) is 14.9. The summed E-state index contributed by atoms with van der Waals surface area (Å²) in [6, 6.07) is 0. The van der Waals surface area contributed by atoms with Gasteiger partial charge in [0.1, 0.15) is 0 Å². The molecule has 2 rings (SSSR count). The van der Waals surface area contributed by atoms with Crippen molar-refractivity contribution in [1.29, 1.82) is 0 Å². The molecule has 0 bridgehead atoms. The van der Waals surface area contributed by atoms with Crippen molar-refractivity contribution in [2.45, 2.75) is 25.2 Å². The highest BCUT2D eigenvalue weighted by atomic mass is 32.1. The standard InChI is InChI=1S/C10H14N2O2S/c13-9(14)4-8-6-15-10(12-8)7-2-1-3-11-5-7/h6-7,11H,1-5H2,(H,13,14). The number of aromatic nitrogens is 1. The van der Waals surface area contributed by atoms with E-state index >= 15 is 0 Å². The van der Waals surface area contributed by atoms with Gasteiger partial charge in [0.05, 0.1) is 17.1 Å². The second kappa shape index (κ2) is 4.72. The summed E-state index contributed by atoms with van der Waals surface area (Å²) in [5.41, 5.74) is 0.688. The number of nitrogens with one attached hydrogen (secondary N) is 1. The molecule has 0 spiro atoms. The fourth-order valence-corrected chi connectivity index (χ4v) is 2.77. The van der Waals surface area contributed by atoms with Crippen LogP contribution >= 0.6 is 11.3 Å². The minimum absolute atomic E-state index is 0.0383. The topological polar surface area (TPSA) is 62.2 Å². The average Bonchev–Trinajstić information content (AvgIpc) is 2.67. The van der Waals surface area contributed by atoms with E-state index in [0.29, 0.717) is 11.6 Å². The monoisotopic (exact) mass is 226 g/mol. The van der Waals surface area contributed by atoms with E-state index in [9.17, 15) is 4.79 Å². The number of carboxylic acids is 1. The zero-order valence-electron chi connectivity index (χ0n) is 8.40. The van der Waals surface area contributed by atoms with E-state index in [2.05, 4.69) is 10.3 Å². The Morgan fingerprint density at radius 2 is 2.60 bits per heavy atom. The van der Waals surface area contributed by atoms with Gasteiger partial charge in [0.15, 0.2) is 0 Å². The lowest BCUT2D eigenvalue weighted by molar-refractivity contribution is -0.136. The molecule has 0 amide bonds. The van der Waals surface area contributed by atoms with Crippen LogP contribution < -0.4 is 5.32 Å². The van der Waals surface area contributed by atoms with Crippen molar-refractivity contribution in [3.05, 3.63) is 16.1 Å². The number of rotatable bonds is 3. The zero-order chi connectivity index (χ0) is 10.7. The summed E-state index contributed by atoms with van der Waals surface area (Å²) in [6.07, 6.45) is 2.38. The average molecular weight is 226 g/mol. The van der Waals surface area contributed by atoms with Crippen LogP contribution in [-0.4, -0.2) is 29.1 Å². The van der Waals surface area contributed by atoms with Gasteiger partial charge in [-0.3, -0.25) is 4.79 Å². The van der Waals surface area contributed by atoms with Gasteiger partial charge in [-0.1, -0.05) is 0 Å². The SMILES string of the molecule is O=C(O)Cc1csc(C2CCCNC2)n1. The highest BCUT2D eigenvalue weighted by molar-refractivity contribution is 7.09. The molecule has 0 radical (unpaired) electrons. The lowest BCUT2D eigenvalue weighted by Gasteiger charge is -2.20. The van der Waals surface area contributed by atoms with Crippen molar-refractivity contribution >= 4 is 17.3 Å². The van der Waals surface area contributed by atoms with Crippen molar-refractivity contribution < 1.29 is 9.90 Å². The maximum Gasteiger partial charge on any atom is 0.309 e. The maximum absolute atomic E-state index is 10.5. The quantitative estimate of drug-likeness (QED) is 0.814. The number of aliphatic carboxylic acids is 1. The molecule has 1 unspecified atom stereocenters. The van der Waals surface area contributed by atoms with Gasteiger partial charge in [-0.25, -0.2) is 4.98 Å². The second-order valence-corrected chi connectivity index (χ2v) is 4.68. The van der Waals surface area contributed by atoms with Crippen LogP contribution in [0.15, 0.2) is 5.38 Å². The smallest absolute Gasteiger partial charge is 0.309 e. The predicted molar refractivity (Wildman–Crippen MR) is 58.3 cm³/mol. The molecule has 0 aliphatic carbocycles. The molecule has 1 fully saturated rings. The zero-order valence-corrected chi connectivity index (χ0v) is 9.22. The molecule has 0 aromatic carbocycles. The Morgan fingerprint density at radius 1 is 1.73 bits per heavy atom. The number of piperidine rings is 1. The summed E-state index contributed by atoms with van der Waals surface area (Å²) in [7, 11) is 0. The van der Waals surface area contributed by atoms with Crippen LogP contribution in [0, 0.1) is 0 Å². The van der Waals surface area contributed by atoms with Gasteiger partial charge in [-0.15, -0.1) is 11.3 Å². The molecule has 0 saturated carbocycles. The number of thiazole rings is 1. The van der Waals surface area contributed by atoms with Crippen molar-refractivity contribution in [2.24, 2.45) is 0 Å². The van der Waals surface area contributed by atoms with Crippen molar-refractivity contribution in [2.75, 3.05) is 13.1 Å². The largest absolute Gasteiger partial charge is 0.481 e. The lowest BCUT2D eigenvalue weighted by Crippen LogP contribution is -2.28. The summed E-state index contributed by atoms with van der Waals surface area (Å²) < 4.78 is 0. The first-order valence-corrected chi connectivity index (χ1v) is 6.00. The van der Waals surface area contributed by atoms with Crippen LogP contribution in [0.1, 0.15) is 29.5 Å². The van der Waals surface area contributed by atoms with Gasteiger partial charge in [-0.2, -0.15) is 0 Å². The molecule has 1 atom stereocenters. The molecule has 1 saturated heterocycles. The van der Waals surface area contributed by atoms with Crippen LogP contribution in [0.5, 0.6) is 0 Å². The molecular formula is C10H14N2O2S. The predicted octanol–water partition coefficient (Wildman–Crippen LogP) is 1.24. The number of hydrogen-bond acceptors (Lipinski definition) is 4.